The van der Waals surface area contributed by atoms with Crippen molar-refractivity contribution in [1.82, 2.24) is 0 Å². The van der Waals surface area contributed by atoms with Gasteiger partial charge in [-0.15, -0.1) is 0 Å². The van der Waals surface area contributed by atoms with Crippen LogP contribution in [-0.4, -0.2) is 18.0 Å². The first-order valence-electron chi connectivity index (χ1n) is 9.89. The minimum atomic E-state index is -0.242. The van der Waals surface area contributed by atoms with Crippen LogP contribution in [-0.2, 0) is 0 Å². The topological polar surface area (TPSA) is 46.4 Å². The Kier molecular flexibility index (Phi) is 4.12. The Bertz CT molecular complexity index is 945. The van der Waals surface area contributed by atoms with Gasteiger partial charge in [0.25, 0.3) is 5.69 Å². The minimum absolute atomic E-state index is 0.208. The molecule has 3 aromatic rings. The molecule has 140 valence electrons. The minimum Gasteiger partial charge on any atom is -0.371 e. The second-order valence-corrected chi connectivity index (χ2v) is 7.72. The molecule has 4 heteroatoms. The number of nitrogens with zero attached hydrogens (tertiary/aromatic N) is 2. The van der Waals surface area contributed by atoms with Crippen LogP contribution < -0.4 is 4.90 Å². The number of hydrogen-bond acceptors (Lipinski definition) is 3. The maximum Gasteiger partial charge on any atom is 0.270 e. The summed E-state index contributed by atoms with van der Waals surface area (Å²) in [6.07, 6.45) is 1.99. The average molecular weight is 370 g/mol. The molecule has 0 unspecified atom stereocenters. The highest BCUT2D eigenvalue weighted by Crippen LogP contribution is 2.49. The SMILES string of the molecule is O=[N+]([O-])c1cc2c3c(c1)[C@@H](c1ccccc1)CCN3CC[C@@H]2c1ccccc1. The van der Waals surface area contributed by atoms with Crippen LogP contribution in [0.2, 0.25) is 0 Å². The average Bonchev–Trinajstić information content (AvgIpc) is 2.75. The number of nitro benzene ring substituents is 1. The number of anilines is 1. The Morgan fingerprint density at radius 1 is 0.786 bits per heavy atom. The molecule has 4 nitrogen and oxygen atoms in total. The van der Waals surface area contributed by atoms with Crippen molar-refractivity contribution in [3.63, 3.8) is 0 Å². The lowest BCUT2D eigenvalue weighted by Gasteiger charge is -2.42. The van der Waals surface area contributed by atoms with Crippen molar-refractivity contribution in [2.24, 2.45) is 0 Å². The monoisotopic (exact) mass is 370 g/mol. The van der Waals surface area contributed by atoms with Crippen molar-refractivity contribution >= 4 is 11.4 Å². The first-order chi connectivity index (χ1) is 13.7. The Morgan fingerprint density at radius 3 is 1.68 bits per heavy atom. The Labute approximate surface area is 164 Å². The number of rotatable bonds is 3. The fourth-order valence-electron chi connectivity index (χ4n) is 4.94. The zero-order valence-electron chi connectivity index (χ0n) is 15.6. The van der Waals surface area contributed by atoms with Crippen LogP contribution in [0, 0.1) is 10.1 Å². The Balaban J connectivity index is 1.72. The van der Waals surface area contributed by atoms with Crippen molar-refractivity contribution in [2.45, 2.75) is 24.7 Å². The van der Waals surface area contributed by atoms with Crippen molar-refractivity contribution in [3.8, 4) is 0 Å². The second-order valence-electron chi connectivity index (χ2n) is 7.72. The molecule has 0 aliphatic carbocycles. The van der Waals surface area contributed by atoms with E-state index in [1.54, 1.807) is 0 Å². The molecule has 0 saturated carbocycles. The molecule has 0 bridgehead atoms. The maximum absolute atomic E-state index is 11.7. The molecule has 0 radical (unpaired) electrons. The van der Waals surface area contributed by atoms with Crippen LogP contribution in [0.4, 0.5) is 11.4 Å². The van der Waals surface area contributed by atoms with Crippen LogP contribution in [0.1, 0.15) is 46.9 Å². The summed E-state index contributed by atoms with van der Waals surface area (Å²) >= 11 is 0. The van der Waals surface area contributed by atoms with Gasteiger partial charge in [-0.25, -0.2) is 0 Å². The summed E-state index contributed by atoms with van der Waals surface area (Å²) in [6.45, 7) is 2.00. The lowest BCUT2D eigenvalue weighted by Crippen LogP contribution is -2.37. The van der Waals surface area contributed by atoms with E-state index in [0.29, 0.717) is 0 Å². The van der Waals surface area contributed by atoms with E-state index < -0.39 is 0 Å². The van der Waals surface area contributed by atoms with Gasteiger partial charge in [0, 0.05) is 42.7 Å². The summed E-state index contributed by atoms with van der Waals surface area (Å²) in [5.41, 5.74) is 6.15. The quantitative estimate of drug-likeness (QED) is 0.453. The van der Waals surface area contributed by atoms with Gasteiger partial charge in [-0.2, -0.15) is 0 Å². The standard InChI is InChI=1S/C24H22N2O2/c27-26(28)19-15-22-20(17-7-3-1-4-8-17)11-13-25-14-12-21(23(16-19)24(22)25)18-9-5-2-6-10-18/h1-10,15-16,20-21H,11-14H2/t20-,21-/m1/s1. The van der Waals surface area contributed by atoms with Crippen molar-refractivity contribution in [1.29, 1.82) is 0 Å². The third-order valence-electron chi connectivity index (χ3n) is 6.21. The lowest BCUT2D eigenvalue weighted by molar-refractivity contribution is -0.385. The molecule has 0 amide bonds. The normalized spacial score (nSPS) is 20.5. The third-order valence-corrected chi connectivity index (χ3v) is 6.21. The molecule has 2 aliphatic heterocycles. The van der Waals surface area contributed by atoms with E-state index in [1.165, 1.54) is 16.8 Å². The highest BCUT2D eigenvalue weighted by atomic mass is 16.6. The van der Waals surface area contributed by atoms with Crippen LogP contribution in [0.5, 0.6) is 0 Å². The molecule has 3 aromatic carbocycles. The van der Waals surface area contributed by atoms with Crippen molar-refractivity contribution < 1.29 is 4.92 Å². The van der Waals surface area contributed by atoms with Gasteiger partial charge in [0.15, 0.2) is 0 Å². The highest BCUT2D eigenvalue weighted by molar-refractivity contribution is 5.71. The van der Waals surface area contributed by atoms with Crippen LogP contribution in [0.3, 0.4) is 0 Å². The van der Waals surface area contributed by atoms with Gasteiger partial charge in [-0.3, -0.25) is 10.1 Å². The molecule has 2 aliphatic rings. The van der Waals surface area contributed by atoms with Gasteiger partial charge in [-0.1, -0.05) is 60.7 Å². The van der Waals surface area contributed by atoms with E-state index in [1.807, 2.05) is 24.3 Å². The summed E-state index contributed by atoms with van der Waals surface area (Å²) in [5, 5.41) is 11.7. The first-order valence-corrected chi connectivity index (χ1v) is 9.89. The fraction of sp³-hybridized carbons (Fsp3) is 0.250. The predicted molar refractivity (Wildman–Crippen MR) is 111 cm³/mol. The van der Waals surface area contributed by atoms with Gasteiger partial charge >= 0.3 is 0 Å². The number of benzene rings is 3. The molecule has 28 heavy (non-hydrogen) atoms. The van der Waals surface area contributed by atoms with Gasteiger partial charge in [-0.05, 0) is 35.1 Å². The second kappa shape index (κ2) is 6.79. The first kappa shape index (κ1) is 17.0. The number of hydrogen-bond donors (Lipinski definition) is 0. The molecule has 2 heterocycles. The van der Waals surface area contributed by atoms with Crippen LogP contribution in [0.25, 0.3) is 0 Å². The Morgan fingerprint density at radius 2 is 1.25 bits per heavy atom. The van der Waals surface area contributed by atoms with Gasteiger partial charge < -0.3 is 4.90 Å². The number of non-ortho nitro benzene ring substituents is 1. The molecule has 0 N–H and O–H groups in total. The smallest absolute Gasteiger partial charge is 0.270 e. The largest absolute Gasteiger partial charge is 0.371 e. The third kappa shape index (κ3) is 2.76. The van der Waals surface area contributed by atoms with Crippen molar-refractivity contribution in [2.75, 3.05) is 18.0 Å². The maximum atomic E-state index is 11.7. The van der Waals surface area contributed by atoms with E-state index in [2.05, 4.69) is 53.4 Å². The van der Waals surface area contributed by atoms with E-state index >= 15 is 0 Å². The van der Waals surface area contributed by atoms with E-state index in [0.717, 1.165) is 37.1 Å². The molecule has 0 saturated heterocycles. The molecule has 0 fully saturated rings. The van der Waals surface area contributed by atoms with Gasteiger partial charge in [0.1, 0.15) is 0 Å². The van der Waals surface area contributed by atoms with E-state index in [-0.39, 0.29) is 22.4 Å². The lowest BCUT2D eigenvalue weighted by atomic mass is 9.76. The van der Waals surface area contributed by atoms with Crippen LogP contribution in [0.15, 0.2) is 72.8 Å². The molecule has 0 aromatic heterocycles. The summed E-state index contributed by atoms with van der Waals surface area (Å²) in [4.78, 5) is 13.9. The van der Waals surface area contributed by atoms with E-state index in [9.17, 15) is 10.1 Å². The molecule has 2 atom stereocenters. The highest BCUT2D eigenvalue weighted by Gasteiger charge is 2.36. The number of nitro groups is 1. The van der Waals surface area contributed by atoms with E-state index in [4.69, 9.17) is 0 Å². The van der Waals surface area contributed by atoms with Gasteiger partial charge in [0.05, 0.1) is 4.92 Å². The van der Waals surface area contributed by atoms with Gasteiger partial charge in [0.2, 0.25) is 0 Å². The zero-order chi connectivity index (χ0) is 19.1. The predicted octanol–water partition coefficient (Wildman–Crippen LogP) is 5.47. The molecule has 5 rings (SSSR count). The zero-order valence-corrected chi connectivity index (χ0v) is 15.6. The summed E-state index contributed by atoms with van der Waals surface area (Å²) in [5.74, 6) is 0.418. The fourth-order valence-corrected chi connectivity index (χ4v) is 4.94. The van der Waals surface area contributed by atoms with Crippen LogP contribution >= 0.6 is 0 Å². The summed E-state index contributed by atoms with van der Waals surface area (Å²) < 4.78 is 0. The Hall–Kier alpha value is -3.14. The molecule has 0 spiro atoms. The summed E-state index contributed by atoms with van der Waals surface area (Å²) in [7, 11) is 0. The summed E-state index contributed by atoms with van der Waals surface area (Å²) in [6, 6.07) is 24.5. The van der Waals surface area contributed by atoms with Crippen molar-refractivity contribution in [3.05, 3.63) is 105 Å². The molecular formula is C24H22N2O2. The molecular weight excluding hydrogens is 348 g/mol.